The monoisotopic (exact) mass is 284 g/mol. The van der Waals surface area contributed by atoms with E-state index in [9.17, 15) is 4.79 Å². The van der Waals surface area contributed by atoms with Crippen LogP contribution in [-0.2, 0) is 13.6 Å². The Hall–Kier alpha value is -2.70. The van der Waals surface area contributed by atoms with Gasteiger partial charge in [0.15, 0.2) is 11.3 Å². The SMILES string of the molecule is Cc1nn(C)cc1CN(C)C(=O)c1cc2ncccn2n1. The summed E-state index contributed by atoms with van der Waals surface area (Å²) in [5.74, 6) is -0.135. The smallest absolute Gasteiger partial charge is 0.274 e. The topological polar surface area (TPSA) is 68.3 Å². The highest BCUT2D eigenvalue weighted by Gasteiger charge is 2.17. The van der Waals surface area contributed by atoms with E-state index in [1.54, 1.807) is 45.7 Å². The summed E-state index contributed by atoms with van der Waals surface area (Å²) in [5.41, 5.74) is 2.99. The van der Waals surface area contributed by atoms with E-state index in [0.29, 0.717) is 17.9 Å². The molecule has 0 aromatic carbocycles. The van der Waals surface area contributed by atoms with Crippen LogP contribution < -0.4 is 0 Å². The zero-order valence-corrected chi connectivity index (χ0v) is 12.2. The lowest BCUT2D eigenvalue weighted by molar-refractivity contribution is 0.0778. The second-order valence-electron chi connectivity index (χ2n) is 5.03. The van der Waals surface area contributed by atoms with Gasteiger partial charge in [-0.3, -0.25) is 9.48 Å². The first-order valence-electron chi connectivity index (χ1n) is 6.59. The molecule has 0 saturated carbocycles. The second kappa shape index (κ2) is 5.01. The number of rotatable bonds is 3. The highest BCUT2D eigenvalue weighted by atomic mass is 16.2. The average Bonchev–Trinajstić information content (AvgIpc) is 3.01. The van der Waals surface area contributed by atoms with Crippen molar-refractivity contribution in [1.29, 1.82) is 0 Å². The predicted octanol–water partition coefficient (Wildman–Crippen LogP) is 1.04. The standard InChI is InChI=1S/C14H16N6O/c1-10-11(9-19(3)16-10)8-18(2)14(21)12-7-13-15-5-4-6-20(13)17-12/h4-7,9H,8H2,1-3H3. The molecule has 0 bridgehead atoms. The van der Waals surface area contributed by atoms with Crippen LogP contribution in [0.25, 0.3) is 5.65 Å². The quantitative estimate of drug-likeness (QED) is 0.720. The molecule has 3 aromatic heterocycles. The fourth-order valence-corrected chi connectivity index (χ4v) is 2.26. The van der Waals surface area contributed by atoms with Crippen LogP contribution in [0.4, 0.5) is 0 Å². The van der Waals surface area contributed by atoms with Crippen molar-refractivity contribution in [3.05, 3.63) is 47.7 Å². The van der Waals surface area contributed by atoms with Crippen molar-refractivity contribution in [1.82, 2.24) is 29.3 Å². The number of carbonyl (C=O) groups excluding carboxylic acids is 1. The molecule has 0 atom stereocenters. The summed E-state index contributed by atoms with van der Waals surface area (Å²) in [4.78, 5) is 18.2. The molecular formula is C14H16N6O. The van der Waals surface area contributed by atoms with Crippen LogP contribution in [0.5, 0.6) is 0 Å². The number of carbonyl (C=O) groups is 1. The highest BCUT2D eigenvalue weighted by molar-refractivity contribution is 5.93. The molecule has 0 aliphatic rings. The van der Waals surface area contributed by atoms with E-state index in [1.165, 1.54) is 0 Å². The van der Waals surface area contributed by atoms with Crippen molar-refractivity contribution in [3.8, 4) is 0 Å². The first-order chi connectivity index (χ1) is 10.0. The molecule has 108 valence electrons. The molecule has 0 aliphatic carbocycles. The Balaban J connectivity index is 1.82. The summed E-state index contributed by atoms with van der Waals surface area (Å²) in [6.45, 7) is 2.43. The second-order valence-corrected chi connectivity index (χ2v) is 5.03. The molecule has 0 spiro atoms. The average molecular weight is 284 g/mol. The molecule has 1 amide bonds. The predicted molar refractivity (Wildman–Crippen MR) is 76.7 cm³/mol. The van der Waals surface area contributed by atoms with Crippen LogP contribution in [0.15, 0.2) is 30.7 Å². The van der Waals surface area contributed by atoms with E-state index in [1.807, 2.05) is 20.2 Å². The van der Waals surface area contributed by atoms with Gasteiger partial charge in [-0.05, 0) is 13.0 Å². The van der Waals surface area contributed by atoms with E-state index in [4.69, 9.17) is 0 Å². The Bertz CT molecular complexity index is 770. The van der Waals surface area contributed by atoms with Gasteiger partial charge in [0.2, 0.25) is 0 Å². The summed E-state index contributed by atoms with van der Waals surface area (Å²) >= 11 is 0. The third-order valence-electron chi connectivity index (χ3n) is 3.32. The van der Waals surface area contributed by atoms with E-state index in [2.05, 4.69) is 15.2 Å². The van der Waals surface area contributed by atoms with Crippen LogP contribution in [0, 0.1) is 6.92 Å². The van der Waals surface area contributed by atoms with Crippen molar-refractivity contribution in [2.45, 2.75) is 13.5 Å². The molecule has 0 saturated heterocycles. The van der Waals surface area contributed by atoms with Gasteiger partial charge in [0, 0.05) is 50.9 Å². The third-order valence-corrected chi connectivity index (χ3v) is 3.32. The number of hydrogen-bond acceptors (Lipinski definition) is 4. The van der Waals surface area contributed by atoms with Gasteiger partial charge in [-0.15, -0.1) is 0 Å². The van der Waals surface area contributed by atoms with Crippen LogP contribution in [0.3, 0.4) is 0 Å². The normalized spacial score (nSPS) is 11.0. The van der Waals surface area contributed by atoms with Gasteiger partial charge in [0.1, 0.15) is 0 Å². The highest BCUT2D eigenvalue weighted by Crippen LogP contribution is 2.11. The van der Waals surface area contributed by atoms with Crippen molar-refractivity contribution in [2.75, 3.05) is 7.05 Å². The number of aromatic nitrogens is 5. The number of amides is 1. The van der Waals surface area contributed by atoms with Crippen LogP contribution >= 0.6 is 0 Å². The van der Waals surface area contributed by atoms with Crippen LogP contribution in [0.2, 0.25) is 0 Å². The van der Waals surface area contributed by atoms with E-state index in [-0.39, 0.29) is 5.91 Å². The summed E-state index contributed by atoms with van der Waals surface area (Å²) in [6, 6.07) is 3.46. The first kappa shape index (κ1) is 13.3. The minimum absolute atomic E-state index is 0.135. The van der Waals surface area contributed by atoms with Crippen molar-refractivity contribution in [3.63, 3.8) is 0 Å². The van der Waals surface area contributed by atoms with Gasteiger partial charge >= 0.3 is 0 Å². The molecule has 21 heavy (non-hydrogen) atoms. The van der Waals surface area contributed by atoms with Crippen molar-refractivity contribution in [2.24, 2.45) is 7.05 Å². The number of aryl methyl sites for hydroxylation is 2. The molecule has 0 unspecified atom stereocenters. The molecule has 0 fully saturated rings. The first-order valence-corrected chi connectivity index (χ1v) is 6.59. The lowest BCUT2D eigenvalue weighted by Gasteiger charge is -2.15. The zero-order valence-electron chi connectivity index (χ0n) is 12.2. The number of nitrogens with zero attached hydrogens (tertiary/aromatic N) is 6. The fraction of sp³-hybridized carbons (Fsp3) is 0.286. The van der Waals surface area contributed by atoms with Gasteiger partial charge in [0.05, 0.1) is 5.69 Å². The number of hydrogen-bond donors (Lipinski definition) is 0. The number of fused-ring (bicyclic) bond motifs is 1. The van der Waals surface area contributed by atoms with Crippen molar-refractivity contribution < 1.29 is 4.79 Å². The largest absolute Gasteiger partial charge is 0.336 e. The Morgan fingerprint density at radius 3 is 2.86 bits per heavy atom. The molecule has 0 aliphatic heterocycles. The third kappa shape index (κ3) is 2.49. The Morgan fingerprint density at radius 2 is 2.19 bits per heavy atom. The summed E-state index contributed by atoms with van der Waals surface area (Å²) < 4.78 is 3.34. The maximum absolute atomic E-state index is 12.4. The summed E-state index contributed by atoms with van der Waals surface area (Å²) in [7, 11) is 3.62. The lowest BCUT2D eigenvalue weighted by Crippen LogP contribution is -2.26. The molecule has 7 nitrogen and oxygen atoms in total. The van der Waals surface area contributed by atoms with Crippen LogP contribution in [0.1, 0.15) is 21.7 Å². The van der Waals surface area contributed by atoms with Gasteiger partial charge < -0.3 is 4.90 Å². The van der Waals surface area contributed by atoms with E-state index in [0.717, 1.165) is 11.3 Å². The van der Waals surface area contributed by atoms with Gasteiger partial charge in [-0.2, -0.15) is 10.2 Å². The molecule has 0 radical (unpaired) electrons. The zero-order chi connectivity index (χ0) is 15.0. The minimum atomic E-state index is -0.135. The van der Waals surface area contributed by atoms with E-state index >= 15 is 0 Å². The Kier molecular flexibility index (Phi) is 3.17. The molecular weight excluding hydrogens is 268 g/mol. The maximum atomic E-state index is 12.4. The van der Waals surface area contributed by atoms with Gasteiger partial charge in [-0.1, -0.05) is 0 Å². The molecule has 7 heteroatoms. The Labute approximate surface area is 121 Å². The van der Waals surface area contributed by atoms with Crippen molar-refractivity contribution >= 4 is 11.6 Å². The van der Waals surface area contributed by atoms with E-state index < -0.39 is 0 Å². The minimum Gasteiger partial charge on any atom is -0.336 e. The Morgan fingerprint density at radius 1 is 1.38 bits per heavy atom. The summed E-state index contributed by atoms with van der Waals surface area (Å²) in [5, 5.41) is 8.53. The van der Waals surface area contributed by atoms with Crippen LogP contribution in [-0.4, -0.2) is 42.2 Å². The molecule has 3 rings (SSSR count). The fourth-order valence-electron chi connectivity index (χ4n) is 2.26. The molecule has 3 heterocycles. The lowest BCUT2D eigenvalue weighted by atomic mass is 10.2. The van der Waals surface area contributed by atoms with Gasteiger partial charge in [-0.25, -0.2) is 9.50 Å². The molecule has 3 aromatic rings. The maximum Gasteiger partial charge on any atom is 0.274 e. The van der Waals surface area contributed by atoms with Gasteiger partial charge in [0.25, 0.3) is 5.91 Å². The summed E-state index contributed by atoms with van der Waals surface area (Å²) in [6.07, 6.45) is 5.36. The molecule has 0 N–H and O–H groups in total.